The number of fused-ring (bicyclic) bond motifs is 3. The first-order chi connectivity index (χ1) is 8.90. The van der Waals surface area contributed by atoms with Crippen LogP contribution in [-0.2, 0) is 17.6 Å². The number of H-pyrrole nitrogens is 1. The quantitative estimate of drug-likeness (QED) is 0.750. The van der Waals surface area contributed by atoms with E-state index in [2.05, 4.69) is 4.98 Å². The van der Waals surface area contributed by atoms with Crippen molar-refractivity contribution in [2.24, 2.45) is 5.73 Å². The molecule has 2 aromatic rings. The molecular formula is C13H12ClFN2O2. The summed E-state index contributed by atoms with van der Waals surface area (Å²) < 4.78 is 13.5. The molecule has 1 atom stereocenters. The number of nitrogens with two attached hydrogens (primary N) is 1. The number of aryl methyl sites for hydroxylation is 1. The Morgan fingerprint density at radius 1 is 1.53 bits per heavy atom. The molecule has 4 nitrogen and oxygen atoms in total. The van der Waals surface area contributed by atoms with Crippen LogP contribution in [0.3, 0.4) is 0 Å². The third kappa shape index (κ3) is 1.81. The van der Waals surface area contributed by atoms with E-state index < -0.39 is 17.3 Å². The molecule has 4 N–H and O–H groups in total. The number of aromatic amines is 1. The molecule has 1 aliphatic carbocycles. The van der Waals surface area contributed by atoms with Gasteiger partial charge in [0.1, 0.15) is 11.4 Å². The second-order valence-corrected chi connectivity index (χ2v) is 5.44. The first-order valence-corrected chi connectivity index (χ1v) is 6.29. The van der Waals surface area contributed by atoms with E-state index in [0.717, 1.165) is 11.3 Å². The SMILES string of the molecule is N[C@]1(C(=O)O)CCc2[nH]c3c(Cl)cc(F)cc3c2C1. The van der Waals surface area contributed by atoms with Gasteiger partial charge in [0.15, 0.2) is 0 Å². The van der Waals surface area contributed by atoms with Gasteiger partial charge < -0.3 is 15.8 Å². The van der Waals surface area contributed by atoms with Gasteiger partial charge in [-0.05, 0) is 30.5 Å². The highest BCUT2D eigenvalue weighted by Crippen LogP contribution is 2.36. The van der Waals surface area contributed by atoms with Gasteiger partial charge in [0.05, 0.1) is 10.5 Å². The molecule has 0 unspecified atom stereocenters. The van der Waals surface area contributed by atoms with Crippen LogP contribution in [0.4, 0.5) is 4.39 Å². The fourth-order valence-electron chi connectivity index (χ4n) is 2.68. The number of rotatable bonds is 1. The lowest BCUT2D eigenvalue weighted by molar-refractivity contribution is -0.143. The van der Waals surface area contributed by atoms with Crippen molar-refractivity contribution in [2.75, 3.05) is 0 Å². The molecular weight excluding hydrogens is 271 g/mol. The zero-order valence-corrected chi connectivity index (χ0v) is 10.7. The smallest absolute Gasteiger partial charge is 0.324 e. The summed E-state index contributed by atoms with van der Waals surface area (Å²) in [6.07, 6.45) is 1.05. The van der Waals surface area contributed by atoms with Gasteiger partial charge in [0.2, 0.25) is 0 Å². The Kier molecular flexibility index (Phi) is 2.59. The van der Waals surface area contributed by atoms with Crippen LogP contribution in [0.1, 0.15) is 17.7 Å². The molecule has 0 aliphatic heterocycles. The molecule has 0 spiro atoms. The number of carboxylic acids is 1. The molecule has 100 valence electrons. The number of benzene rings is 1. The molecule has 1 aromatic heterocycles. The number of halogens is 2. The molecule has 1 aromatic carbocycles. The molecule has 0 saturated heterocycles. The van der Waals surface area contributed by atoms with E-state index in [-0.39, 0.29) is 6.42 Å². The summed E-state index contributed by atoms with van der Waals surface area (Å²) in [6.45, 7) is 0. The molecule has 0 amide bonds. The van der Waals surface area contributed by atoms with Crippen LogP contribution in [0.25, 0.3) is 10.9 Å². The Hall–Kier alpha value is -1.59. The summed E-state index contributed by atoms with van der Waals surface area (Å²) >= 11 is 6.00. The lowest BCUT2D eigenvalue weighted by atomic mass is 9.80. The van der Waals surface area contributed by atoms with Gasteiger partial charge in [-0.15, -0.1) is 0 Å². The summed E-state index contributed by atoms with van der Waals surface area (Å²) in [7, 11) is 0. The van der Waals surface area contributed by atoms with Crippen molar-refractivity contribution < 1.29 is 14.3 Å². The maximum atomic E-state index is 13.5. The Labute approximate surface area is 113 Å². The van der Waals surface area contributed by atoms with Gasteiger partial charge >= 0.3 is 5.97 Å². The average molecular weight is 283 g/mol. The van der Waals surface area contributed by atoms with Crippen molar-refractivity contribution >= 4 is 28.5 Å². The molecule has 19 heavy (non-hydrogen) atoms. The first-order valence-electron chi connectivity index (χ1n) is 5.91. The van der Waals surface area contributed by atoms with Gasteiger partial charge in [-0.25, -0.2) is 4.39 Å². The lowest BCUT2D eigenvalue weighted by Gasteiger charge is -2.29. The zero-order chi connectivity index (χ0) is 13.8. The van der Waals surface area contributed by atoms with Crippen molar-refractivity contribution in [3.8, 4) is 0 Å². The first kappa shape index (κ1) is 12.4. The minimum atomic E-state index is -1.29. The summed E-state index contributed by atoms with van der Waals surface area (Å²) in [5, 5.41) is 10.1. The summed E-state index contributed by atoms with van der Waals surface area (Å²) in [5.41, 5.74) is 6.90. The van der Waals surface area contributed by atoms with E-state index in [9.17, 15) is 14.3 Å². The molecule has 0 bridgehead atoms. The molecule has 0 fully saturated rings. The van der Waals surface area contributed by atoms with Gasteiger partial charge in [-0.2, -0.15) is 0 Å². The van der Waals surface area contributed by atoms with Crippen molar-refractivity contribution in [2.45, 2.75) is 24.8 Å². The lowest BCUT2D eigenvalue weighted by Crippen LogP contribution is -2.52. The van der Waals surface area contributed by atoms with Gasteiger partial charge in [-0.3, -0.25) is 4.79 Å². The van der Waals surface area contributed by atoms with Crippen molar-refractivity contribution in [3.05, 3.63) is 34.2 Å². The third-order valence-electron chi connectivity index (χ3n) is 3.76. The van der Waals surface area contributed by atoms with Crippen molar-refractivity contribution in [1.29, 1.82) is 0 Å². The zero-order valence-electron chi connectivity index (χ0n) is 9.96. The van der Waals surface area contributed by atoms with Gasteiger partial charge in [-0.1, -0.05) is 11.6 Å². The highest BCUT2D eigenvalue weighted by atomic mass is 35.5. The van der Waals surface area contributed by atoms with E-state index in [1.807, 2.05) is 0 Å². The Balaban J connectivity index is 2.21. The van der Waals surface area contributed by atoms with Crippen LogP contribution in [0.15, 0.2) is 12.1 Å². The van der Waals surface area contributed by atoms with E-state index in [0.29, 0.717) is 28.8 Å². The maximum Gasteiger partial charge on any atom is 0.324 e. The predicted octanol–water partition coefficient (Wildman–Crippen LogP) is 2.23. The predicted molar refractivity (Wildman–Crippen MR) is 69.8 cm³/mol. The Morgan fingerprint density at radius 2 is 2.26 bits per heavy atom. The molecule has 6 heteroatoms. The molecule has 1 aliphatic rings. The molecule has 0 radical (unpaired) electrons. The highest BCUT2D eigenvalue weighted by molar-refractivity contribution is 6.35. The van der Waals surface area contributed by atoms with Crippen LogP contribution < -0.4 is 5.73 Å². The van der Waals surface area contributed by atoms with Crippen molar-refractivity contribution in [3.63, 3.8) is 0 Å². The number of nitrogens with one attached hydrogen (secondary N) is 1. The number of hydrogen-bond donors (Lipinski definition) is 3. The fraction of sp³-hybridized carbons (Fsp3) is 0.308. The molecule has 0 saturated carbocycles. The topological polar surface area (TPSA) is 79.1 Å². The van der Waals surface area contributed by atoms with E-state index in [4.69, 9.17) is 17.3 Å². The number of carbonyl (C=O) groups is 1. The fourth-order valence-corrected chi connectivity index (χ4v) is 2.93. The van der Waals surface area contributed by atoms with Crippen molar-refractivity contribution in [1.82, 2.24) is 4.98 Å². The number of aliphatic carboxylic acids is 1. The minimum Gasteiger partial charge on any atom is -0.480 e. The van der Waals surface area contributed by atoms with Gasteiger partial charge in [0, 0.05) is 17.5 Å². The number of carboxylic acid groups (broad SMARTS) is 1. The summed E-state index contributed by atoms with van der Waals surface area (Å²) in [5.74, 6) is -1.47. The van der Waals surface area contributed by atoms with Crippen LogP contribution in [0.5, 0.6) is 0 Å². The third-order valence-corrected chi connectivity index (χ3v) is 4.06. The van der Waals surface area contributed by atoms with Gasteiger partial charge in [0.25, 0.3) is 0 Å². The summed E-state index contributed by atoms with van der Waals surface area (Å²) in [4.78, 5) is 14.4. The number of aromatic nitrogens is 1. The molecule has 3 rings (SSSR count). The Morgan fingerprint density at radius 3 is 2.95 bits per heavy atom. The molecule has 1 heterocycles. The minimum absolute atomic E-state index is 0.178. The Bertz CT molecular complexity index is 697. The highest BCUT2D eigenvalue weighted by Gasteiger charge is 2.39. The van der Waals surface area contributed by atoms with Crippen LogP contribution >= 0.6 is 11.6 Å². The van der Waals surface area contributed by atoms with E-state index in [1.54, 1.807) is 0 Å². The van der Waals surface area contributed by atoms with Crippen LogP contribution in [-0.4, -0.2) is 21.6 Å². The van der Waals surface area contributed by atoms with E-state index >= 15 is 0 Å². The second-order valence-electron chi connectivity index (χ2n) is 5.03. The number of hydrogen-bond acceptors (Lipinski definition) is 2. The monoisotopic (exact) mass is 282 g/mol. The van der Waals surface area contributed by atoms with Crippen LogP contribution in [0, 0.1) is 5.82 Å². The second kappa shape index (κ2) is 3.95. The summed E-state index contributed by atoms with van der Waals surface area (Å²) in [6, 6.07) is 2.60. The maximum absolute atomic E-state index is 13.5. The average Bonchev–Trinajstić information content (AvgIpc) is 2.67. The standard InChI is InChI=1S/C13H12ClFN2O2/c14-9-4-6(15)3-7-8-5-13(16,12(18)19)2-1-10(8)17-11(7)9/h3-4,17H,1-2,5,16H2,(H,18,19)/t13-/m1/s1. The normalized spacial score (nSPS) is 22.5. The van der Waals surface area contributed by atoms with E-state index in [1.165, 1.54) is 12.1 Å². The largest absolute Gasteiger partial charge is 0.480 e. The van der Waals surface area contributed by atoms with Crippen LogP contribution in [0.2, 0.25) is 5.02 Å².